The number of hydrogen-bond donors (Lipinski definition) is 1. The third-order valence-corrected chi connectivity index (χ3v) is 6.57. The fourth-order valence-corrected chi connectivity index (χ4v) is 4.78. The molecule has 2 aromatic heterocycles. The minimum Gasteiger partial charge on any atom is -0.340 e. The van der Waals surface area contributed by atoms with Crippen LogP contribution in [0.4, 0.5) is 0 Å². The summed E-state index contributed by atoms with van der Waals surface area (Å²) >= 11 is 1.55. The summed E-state index contributed by atoms with van der Waals surface area (Å²) < 4.78 is 0. The van der Waals surface area contributed by atoms with E-state index < -0.39 is 0 Å². The average Bonchev–Trinajstić information content (AvgIpc) is 3.48. The van der Waals surface area contributed by atoms with E-state index in [1.165, 1.54) is 0 Å². The Balaban J connectivity index is 1.31. The molecule has 0 unspecified atom stereocenters. The van der Waals surface area contributed by atoms with Crippen molar-refractivity contribution in [2.75, 3.05) is 26.2 Å². The molecule has 1 saturated carbocycles. The summed E-state index contributed by atoms with van der Waals surface area (Å²) in [6.45, 7) is 3.77. The van der Waals surface area contributed by atoms with Crippen LogP contribution in [0.15, 0.2) is 41.2 Å². The number of nitrogens with one attached hydrogen (secondary N) is 1. The molecule has 0 radical (unpaired) electrons. The number of rotatable bonds is 4. The monoisotopic (exact) mass is 394 g/mol. The molecule has 3 aromatic rings. The lowest BCUT2D eigenvalue weighted by Crippen LogP contribution is -2.49. The molecule has 0 bridgehead atoms. The average molecular weight is 395 g/mol. The van der Waals surface area contributed by atoms with Gasteiger partial charge in [0.25, 0.3) is 5.56 Å². The Bertz CT molecular complexity index is 1060. The van der Waals surface area contributed by atoms with Crippen LogP contribution in [0.5, 0.6) is 0 Å². The normalized spacial score (nSPS) is 17.9. The number of thiophene rings is 1. The van der Waals surface area contributed by atoms with Gasteiger partial charge in [-0.2, -0.15) is 0 Å². The van der Waals surface area contributed by atoms with Gasteiger partial charge in [-0.15, -0.1) is 11.3 Å². The molecule has 28 heavy (non-hydrogen) atoms. The van der Waals surface area contributed by atoms with Crippen molar-refractivity contribution >= 4 is 27.5 Å². The number of aromatic amines is 1. The molecule has 2 aliphatic rings. The molecule has 6 nitrogen and oxygen atoms in total. The Kier molecular flexibility index (Phi) is 4.49. The number of hydrogen-bond acceptors (Lipinski definition) is 5. The zero-order valence-corrected chi connectivity index (χ0v) is 16.4. The second-order valence-corrected chi connectivity index (χ2v) is 8.61. The SMILES string of the molecule is O=C(C1CC1)N1CCN(Cc2nc3sc(-c4ccccc4)cc3c(=O)[nH]2)CC1. The van der Waals surface area contributed by atoms with Gasteiger partial charge in [-0.25, -0.2) is 4.98 Å². The van der Waals surface area contributed by atoms with Gasteiger partial charge in [0.15, 0.2) is 0 Å². The van der Waals surface area contributed by atoms with E-state index in [0.717, 1.165) is 54.3 Å². The van der Waals surface area contributed by atoms with Gasteiger partial charge in [-0.3, -0.25) is 14.5 Å². The first kappa shape index (κ1) is 17.6. The van der Waals surface area contributed by atoms with Crippen LogP contribution in [0, 0.1) is 5.92 Å². The van der Waals surface area contributed by atoms with Crippen LogP contribution in [0.1, 0.15) is 18.7 Å². The number of aromatic nitrogens is 2. The molecule has 0 spiro atoms. The molecule has 0 atom stereocenters. The molecular formula is C21H22N4O2S. The number of carbonyl (C=O) groups is 1. The van der Waals surface area contributed by atoms with Gasteiger partial charge in [-0.05, 0) is 24.5 Å². The second kappa shape index (κ2) is 7.14. The van der Waals surface area contributed by atoms with E-state index in [-0.39, 0.29) is 11.5 Å². The molecule has 1 aliphatic carbocycles. The molecule has 2 fully saturated rings. The van der Waals surface area contributed by atoms with Crippen molar-refractivity contribution in [3.05, 3.63) is 52.6 Å². The smallest absolute Gasteiger partial charge is 0.259 e. The Hall–Kier alpha value is -2.51. The van der Waals surface area contributed by atoms with Crippen LogP contribution >= 0.6 is 11.3 Å². The fraction of sp³-hybridized carbons (Fsp3) is 0.381. The minimum absolute atomic E-state index is 0.0824. The van der Waals surface area contributed by atoms with Gasteiger partial charge < -0.3 is 9.88 Å². The number of amides is 1. The lowest BCUT2D eigenvalue weighted by Gasteiger charge is -2.34. The van der Waals surface area contributed by atoms with Crippen LogP contribution in [0.3, 0.4) is 0 Å². The van der Waals surface area contributed by atoms with Crippen molar-refractivity contribution < 1.29 is 4.79 Å². The predicted octanol–water partition coefficient (Wildman–Crippen LogP) is 2.71. The zero-order valence-electron chi connectivity index (χ0n) is 15.6. The highest BCUT2D eigenvalue weighted by Gasteiger charge is 2.34. The summed E-state index contributed by atoms with van der Waals surface area (Å²) in [7, 11) is 0. The van der Waals surface area contributed by atoms with Crippen molar-refractivity contribution in [3.8, 4) is 10.4 Å². The van der Waals surface area contributed by atoms with Gasteiger partial charge in [0.1, 0.15) is 10.7 Å². The maximum absolute atomic E-state index is 12.5. The largest absolute Gasteiger partial charge is 0.340 e. The lowest BCUT2D eigenvalue weighted by atomic mass is 10.2. The molecule has 1 amide bonds. The quantitative estimate of drug-likeness (QED) is 0.739. The standard InChI is InChI=1S/C21H22N4O2S/c26-19-16-12-17(14-4-2-1-3-5-14)28-20(16)23-18(22-19)13-24-8-10-25(11-9-24)21(27)15-6-7-15/h1-5,12,15H,6-11,13H2,(H,22,23,26). The third-order valence-electron chi connectivity index (χ3n) is 5.49. The highest BCUT2D eigenvalue weighted by molar-refractivity contribution is 7.21. The Morgan fingerprint density at radius 2 is 1.89 bits per heavy atom. The van der Waals surface area contributed by atoms with E-state index >= 15 is 0 Å². The Labute approximate surface area is 166 Å². The van der Waals surface area contributed by atoms with Gasteiger partial charge >= 0.3 is 0 Å². The summed E-state index contributed by atoms with van der Waals surface area (Å²) in [4.78, 5) is 38.5. The first-order chi connectivity index (χ1) is 13.7. The summed E-state index contributed by atoms with van der Waals surface area (Å²) in [5, 5.41) is 0.646. The van der Waals surface area contributed by atoms with Gasteiger partial charge in [0.05, 0.1) is 11.9 Å². The van der Waals surface area contributed by atoms with E-state index in [1.54, 1.807) is 11.3 Å². The van der Waals surface area contributed by atoms with Crippen molar-refractivity contribution in [2.45, 2.75) is 19.4 Å². The molecule has 7 heteroatoms. The van der Waals surface area contributed by atoms with Gasteiger partial charge in [-0.1, -0.05) is 30.3 Å². The van der Waals surface area contributed by atoms with Crippen LogP contribution in [0.2, 0.25) is 0 Å². The molecule has 1 aliphatic heterocycles. The topological polar surface area (TPSA) is 69.3 Å². The number of carbonyl (C=O) groups excluding carboxylic acids is 1. The van der Waals surface area contributed by atoms with Gasteiger partial charge in [0, 0.05) is 37.0 Å². The molecule has 1 aromatic carbocycles. The summed E-state index contributed by atoms with van der Waals surface area (Å²) in [6.07, 6.45) is 2.10. The Morgan fingerprint density at radius 3 is 2.61 bits per heavy atom. The van der Waals surface area contributed by atoms with E-state index in [2.05, 4.69) is 9.88 Å². The van der Waals surface area contributed by atoms with Crippen molar-refractivity contribution in [1.82, 2.24) is 19.8 Å². The van der Waals surface area contributed by atoms with Crippen LogP contribution in [-0.4, -0.2) is 51.9 Å². The van der Waals surface area contributed by atoms with Gasteiger partial charge in [0.2, 0.25) is 5.91 Å². The highest BCUT2D eigenvalue weighted by atomic mass is 32.1. The second-order valence-electron chi connectivity index (χ2n) is 7.58. The number of benzene rings is 1. The number of fused-ring (bicyclic) bond motifs is 1. The predicted molar refractivity (Wildman–Crippen MR) is 110 cm³/mol. The maximum Gasteiger partial charge on any atom is 0.259 e. The first-order valence-corrected chi connectivity index (χ1v) is 10.6. The lowest BCUT2D eigenvalue weighted by molar-refractivity contribution is -0.134. The number of H-pyrrole nitrogens is 1. The van der Waals surface area contributed by atoms with Crippen LogP contribution in [-0.2, 0) is 11.3 Å². The summed E-state index contributed by atoms with van der Waals surface area (Å²) in [5.74, 6) is 1.30. The molecule has 144 valence electrons. The van der Waals surface area contributed by atoms with E-state index in [1.807, 2.05) is 41.3 Å². The Morgan fingerprint density at radius 1 is 1.14 bits per heavy atom. The van der Waals surface area contributed by atoms with Crippen LogP contribution in [0.25, 0.3) is 20.7 Å². The van der Waals surface area contributed by atoms with E-state index in [9.17, 15) is 9.59 Å². The van der Waals surface area contributed by atoms with Crippen molar-refractivity contribution in [3.63, 3.8) is 0 Å². The zero-order chi connectivity index (χ0) is 19.1. The molecule has 1 saturated heterocycles. The molecular weight excluding hydrogens is 372 g/mol. The molecule has 5 rings (SSSR count). The fourth-order valence-electron chi connectivity index (χ4n) is 3.72. The molecule has 1 N–H and O–H groups in total. The summed E-state index contributed by atoms with van der Waals surface area (Å²) in [5.41, 5.74) is 1.02. The third kappa shape index (κ3) is 3.47. The maximum atomic E-state index is 12.5. The molecule has 3 heterocycles. The van der Waals surface area contributed by atoms with Crippen LogP contribution < -0.4 is 5.56 Å². The highest BCUT2D eigenvalue weighted by Crippen LogP contribution is 2.32. The number of nitrogens with zero attached hydrogens (tertiary/aromatic N) is 3. The van der Waals surface area contributed by atoms with E-state index in [0.29, 0.717) is 23.7 Å². The van der Waals surface area contributed by atoms with Crippen molar-refractivity contribution in [2.24, 2.45) is 5.92 Å². The minimum atomic E-state index is -0.0824. The van der Waals surface area contributed by atoms with Crippen molar-refractivity contribution in [1.29, 1.82) is 0 Å². The first-order valence-electron chi connectivity index (χ1n) is 9.77. The summed E-state index contributed by atoms with van der Waals surface area (Å²) in [6, 6.07) is 12.0. The van der Waals surface area contributed by atoms with E-state index in [4.69, 9.17) is 4.98 Å². The number of piperazine rings is 1.